The van der Waals surface area contributed by atoms with Crippen molar-refractivity contribution in [2.75, 3.05) is 12.4 Å². The second-order valence-electron chi connectivity index (χ2n) is 8.21. The monoisotopic (exact) mass is 475 g/mol. The standard InChI is InChI=1S/C25H25N5O3S/c1-16-12-20(17(2)30(16)13-19-14-32-22-6-4-5-7-23(22)33-19)21(31)15-34-25-28-27-24(29(25)3)18-8-10-26-11-9-18/h4-12,19H,13-15H2,1-3H3/t19-/m0/s1. The quantitative estimate of drug-likeness (QED) is 0.294. The Morgan fingerprint density at radius 1 is 1.12 bits per heavy atom. The number of ketones is 1. The minimum Gasteiger partial charge on any atom is -0.486 e. The average molecular weight is 476 g/mol. The summed E-state index contributed by atoms with van der Waals surface area (Å²) in [5.41, 5.74) is 3.61. The Labute approximate surface area is 201 Å². The molecule has 4 heterocycles. The van der Waals surface area contributed by atoms with Crippen molar-refractivity contribution in [2.24, 2.45) is 7.05 Å². The maximum atomic E-state index is 13.1. The summed E-state index contributed by atoms with van der Waals surface area (Å²) >= 11 is 1.39. The predicted molar refractivity (Wildman–Crippen MR) is 130 cm³/mol. The van der Waals surface area contributed by atoms with Crippen LogP contribution in [0.4, 0.5) is 0 Å². The van der Waals surface area contributed by atoms with E-state index in [9.17, 15) is 4.79 Å². The molecule has 0 spiro atoms. The highest BCUT2D eigenvalue weighted by atomic mass is 32.2. The number of nitrogens with zero attached hydrogens (tertiary/aromatic N) is 5. The molecular weight excluding hydrogens is 450 g/mol. The second-order valence-corrected chi connectivity index (χ2v) is 9.15. The van der Waals surface area contributed by atoms with Crippen LogP contribution < -0.4 is 9.47 Å². The molecule has 8 nitrogen and oxygen atoms in total. The largest absolute Gasteiger partial charge is 0.486 e. The van der Waals surface area contributed by atoms with Crippen molar-refractivity contribution < 1.29 is 14.3 Å². The summed E-state index contributed by atoms with van der Waals surface area (Å²) in [5.74, 6) is 2.60. The highest BCUT2D eigenvalue weighted by Gasteiger charge is 2.24. The maximum absolute atomic E-state index is 13.1. The molecule has 1 atom stereocenters. The molecule has 3 aromatic heterocycles. The Hall–Kier alpha value is -3.59. The first-order valence-electron chi connectivity index (χ1n) is 11.0. The van der Waals surface area contributed by atoms with Gasteiger partial charge in [0.05, 0.1) is 12.3 Å². The Morgan fingerprint density at radius 2 is 1.88 bits per heavy atom. The van der Waals surface area contributed by atoms with Crippen LogP contribution in [0.5, 0.6) is 11.5 Å². The van der Waals surface area contributed by atoms with Gasteiger partial charge in [0, 0.05) is 42.0 Å². The van der Waals surface area contributed by atoms with Crippen molar-refractivity contribution in [3.05, 3.63) is 71.8 Å². The van der Waals surface area contributed by atoms with Gasteiger partial charge < -0.3 is 18.6 Å². The van der Waals surface area contributed by atoms with E-state index in [4.69, 9.17) is 9.47 Å². The fourth-order valence-corrected chi connectivity index (χ4v) is 4.92. The molecule has 0 saturated heterocycles. The Balaban J connectivity index is 1.26. The zero-order chi connectivity index (χ0) is 23.7. The van der Waals surface area contributed by atoms with Crippen molar-refractivity contribution >= 4 is 17.5 Å². The molecule has 5 rings (SSSR count). The SMILES string of the molecule is Cc1cc(C(=O)CSc2nnc(-c3ccncc3)n2C)c(C)n1C[C@H]1COc2ccccc2O1. The van der Waals surface area contributed by atoms with Gasteiger partial charge in [-0.2, -0.15) is 0 Å². The molecule has 1 aliphatic heterocycles. The number of fused-ring (bicyclic) bond motifs is 1. The van der Waals surface area contributed by atoms with E-state index in [2.05, 4.69) is 19.7 Å². The molecule has 9 heteroatoms. The first-order valence-corrected chi connectivity index (χ1v) is 12.0. The number of carbonyl (C=O) groups excluding carboxylic acids is 1. The third-order valence-corrected chi connectivity index (χ3v) is 6.95. The molecule has 34 heavy (non-hydrogen) atoms. The number of rotatable bonds is 7. The van der Waals surface area contributed by atoms with E-state index in [0.717, 1.165) is 39.8 Å². The Kier molecular flexibility index (Phi) is 6.10. The summed E-state index contributed by atoms with van der Waals surface area (Å²) in [5, 5.41) is 9.24. The van der Waals surface area contributed by atoms with Crippen molar-refractivity contribution in [1.29, 1.82) is 0 Å². The summed E-state index contributed by atoms with van der Waals surface area (Å²) in [6, 6.07) is 13.4. The van der Waals surface area contributed by atoms with Crippen LogP contribution in [-0.2, 0) is 13.6 Å². The topological polar surface area (TPSA) is 84.1 Å². The van der Waals surface area contributed by atoms with E-state index in [1.165, 1.54) is 11.8 Å². The number of Topliss-reactive ketones (excluding diaryl/α,β-unsaturated/α-hetero) is 1. The molecule has 1 aliphatic rings. The molecule has 0 aliphatic carbocycles. The zero-order valence-corrected chi connectivity index (χ0v) is 20.1. The molecule has 0 bridgehead atoms. The van der Waals surface area contributed by atoms with Crippen LogP contribution in [0.25, 0.3) is 11.4 Å². The van der Waals surface area contributed by atoms with Gasteiger partial charge in [0.25, 0.3) is 0 Å². The van der Waals surface area contributed by atoms with Crippen LogP contribution >= 0.6 is 11.8 Å². The molecule has 0 radical (unpaired) electrons. The van der Waals surface area contributed by atoms with Gasteiger partial charge in [-0.3, -0.25) is 9.78 Å². The van der Waals surface area contributed by atoms with Crippen LogP contribution in [0.2, 0.25) is 0 Å². The lowest BCUT2D eigenvalue weighted by Gasteiger charge is -2.27. The highest BCUT2D eigenvalue weighted by Crippen LogP contribution is 2.32. The highest BCUT2D eigenvalue weighted by molar-refractivity contribution is 7.99. The number of carbonyl (C=O) groups is 1. The van der Waals surface area contributed by atoms with Gasteiger partial charge in [0.15, 0.2) is 34.4 Å². The second kappa shape index (κ2) is 9.34. The molecule has 174 valence electrons. The smallest absolute Gasteiger partial charge is 0.191 e. The lowest BCUT2D eigenvalue weighted by molar-refractivity contribution is 0.0777. The number of aryl methyl sites for hydroxylation is 1. The lowest BCUT2D eigenvalue weighted by atomic mass is 10.2. The van der Waals surface area contributed by atoms with Crippen LogP contribution in [-0.4, -0.2) is 48.6 Å². The van der Waals surface area contributed by atoms with Gasteiger partial charge in [-0.1, -0.05) is 23.9 Å². The summed E-state index contributed by atoms with van der Waals surface area (Å²) in [4.78, 5) is 17.1. The maximum Gasteiger partial charge on any atom is 0.191 e. The normalized spacial score (nSPS) is 14.9. The number of aromatic nitrogens is 5. The lowest BCUT2D eigenvalue weighted by Crippen LogP contribution is -2.33. The van der Waals surface area contributed by atoms with Crippen molar-refractivity contribution in [3.8, 4) is 22.9 Å². The van der Waals surface area contributed by atoms with Crippen LogP contribution in [0, 0.1) is 13.8 Å². The zero-order valence-electron chi connectivity index (χ0n) is 19.3. The van der Waals surface area contributed by atoms with Crippen LogP contribution in [0.15, 0.2) is 60.0 Å². The van der Waals surface area contributed by atoms with Gasteiger partial charge in [-0.15, -0.1) is 10.2 Å². The van der Waals surface area contributed by atoms with Gasteiger partial charge in [0.2, 0.25) is 0 Å². The molecule has 0 saturated carbocycles. The third-order valence-electron chi connectivity index (χ3n) is 5.93. The molecule has 1 aromatic carbocycles. The van der Waals surface area contributed by atoms with Crippen molar-refractivity contribution in [3.63, 3.8) is 0 Å². The summed E-state index contributed by atoms with van der Waals surface area (Å²) < 4.78 is 16.0. The first kappa shape index (κ1) is 22.2. The third kappa shape index (κ3) is 4.31. The summed E-state index contributed by atoms with van der Waals surface area (Å²) in [6.07, 6.45) is 3.32. The van der Waals surface area contributed by atoms with Gasteiger partial charge in [0.1, 0.15) is 6.61 Å². The minimum absolute atomic E-state index is 0.0592. The van der Waals surface area contributed by atoms with Gasteiger partial charge >= 0.3 is 0 Å². The predicted octanol–water partition coefficient (Wildman–Crippen LogP) is 4.11. The number of hydrogen-bond acceptors (Lipinski definition) is 7. The number of pyridine rings is 1. The Morgan fingerprint density at radius 3 is 2.68 bits per heavy atom. The summed E-state index contributed by atoms with van der Waals surface area (Å²) in [7, 11) is 1.90. The molecule has 0 fully saturated rings. The van der Waals surface area contributed by atoms with Crippen molar-refractivity contribution in [1.82, 2.24) is 24.3 Å². The number of para-hydroxylation sites is 2. The number of benzene rings is 1. The van der Waals surface area contributed by atoms with E-state index in [1.54, 1.807) is 12.4 Å². The summed E-state index contributed by atoms with van der Waals surface area (Å²) in [6.45, 7) is 5.08. The van der Waals surface area contributed by atoms with E-state index < -0.39 is 0 Å². The molecule has 0 amide bonds. The van der Waals surface area contributed by atoms with Crippen LogP contribution in [0.1, 0.15) is 21.7 Å². The van der Waals surface area contributed by atoms with E-state index in [0.29, 0.717) is 18.3 Å². The first-order chi connectivity index (χ1) is 16.5. The number of thioether (sulfide) groups is 1. The van der Waals surface area contributed by atoms with Crippen LogP contribution in [0.3, 0.4) is 0 Å². The molecular formula is C25H25N5O3S. The van der Waals surface area contributed by atoms with E-state index in [1.807, 2.05) is 67.9 Å². The fraction of sp³-hybridized carbons (Fsp3) is 0.280. The van der Waals surface area contributed by atoms with Gasteiger partial charge in [-0.25, -0.2) is 0 Å². The molecule has 4 aromatic rings. The van der Waals surface area contributed by atoms with E-state index in [-0.39, 0.29) is 17.6 Å². The van der Waals surface area contributed by atoms with Crippen molar-refractivity contribution in [2.45, 2.75) is 31.7 Å². The number of ether oxygens (including phenoxy) is 2. The minimum atomic E-state index is -0.123. The molecule has 0 unspecified atom stereocenters. The number of hydrogen-bond donors (Lipinski definition) is 0. The average Bonchev–Trinajstić information content (AvgIpc) is 3.37. The van der Waals surface area contributed by atoms with E-state index >= 15 is 0 Å². The van der Waals surface area contributed by atoms with Gasteiger partial charge in [-0.05, 0) is 44.2 Å². The Bertz CT molecular complexity index is 1330. The fourth-order valence-electron chi connectivity index (χ4n) is 4.12. The molecule has 0 N–H and O–H groups in total.